The second kappa shape index (κ2) is 8.72. The topological polar surface area (TPSA) is 57.9 Å². The van der Waals surface area contributed by atoms with Gasteiger partial charge in [-0.1, -0.05) is 37.0 Å². The van der Waals surface area contributed by atoms with Crippen LogP contribution < -0.4 is 10.5 Å². The summed E-state index contributed by atoms with van der Waals surface area (Å²) in [6.07, 6.45) is 4.24. The molecule has 2 aromatic rings. The summed E-state index contributed by atoms with van der Waals surface area (Å²) in [5, 5.41) is 0. The van der Waals surface area contributed by atoms with Crippen molar-refractivity contribution in [3.8, 4) is 0 Å². The molecule has 4 rings (SSSR count). The van der Waals surface area contributed by atoms with Crippen molar-refractivity contribution in [2.24, 2.45) is 0 Å². The number of nitrogens with zero attached hydrogens (tertiary/aromatic N) is 4. The van der Waals surface area contributed by atoms with Gasteiger partial charge in [0.15, 0.2) is 0 Å². The number of fused-ring (bicyclic) bond motifs is 1. The van der Waals surface area contributed by atoms with Crippen LogP contribution in [0.4, 0.5) is 5.82 Å². The number of hydrogen-bond donors (Lipinski definition) is 0. The molecule has 0 unspecified atom stereocenters. The Morgan fingerprint density at radius 3 is 2.73 bits per heavy atom. The molecule has 1 atom stereocenters. The van der Waals surface area contributed by atoms with E-state index in [0.29, 0.717) is 26.3 Å². The Labute approximate surface area is 189 Å². The maximum absolute atomic E-state index is 13.5. The number of thioether (sulfide) groups is 2. The van der Waals surface area contributed by atoms with Crippen LogP contribution in [0.3, 0.4) is 0 Å². The van der Waals surface area contributed by atoms with E-state index in [1.54, 1.807) is 21.6 Å². The first-order valence-electron chi connectivity index (χ1n) is 10.0. The number of carbonyl (C=O) groups is 1. The second-order valence-corrected chi connectivity index (χ2v) is 10.3. The molecule has 1 amide bonds. The molecular weight excluding hydrogens is 436 g/mol. The van der Waals surface area contributed by atoms with Gasteiger partial charge in [-0.15, -0.1) is 0 Å². The molecule has 2 aromatic heterocycles. The highest BCUT2D eigenvalue weighted by Gasteiger charge is 2.35. The third-order valence-electron chi connectivity index (χ3n) is 5.51. The van der Waals surface area contributed by atoms with Crippen LogP contribution in [-0.2, 0) is 4.79 Å². The van der Waals surface area contributed by atoms with E-state index < -0.39 is 0 Å². The molecule has 9 heteroatoms. The summed E-state index contributed by atoms with van der Waals surface area (Å²) in [5.74, 6) is 2.51. The van der Waals surface area contributed by atoms with Gasteiger partial charge in [0.25, 0.3) is 11.5 Å². The quantitative estimate of drug-likeness (QED) is 0.511. The molecule has 6 nitrogen and oxygen atoms in total. The summed E-state index contributed by atoms with van der Waals surface area (Å²) in [7, 11) is 0. The highest BCUT2D eigenvalue weighted by atomic mass is 32.2. The van der Waals surface area contributed by atoms with E-state index in [0.717, 1.165) is 36.6 Å². The standard InChI is InChI=1S/C21H24N4O2S3/c1-4-14(3)25-20(27)16(30-21(25)28)12-15-18(23-8-10-29-11-9-23)22-17-13(2)6-5-7-24(17)19(15)26/h5-7,12,14H,4,8-11H2,1-3H3/b16-12-/t14-/m1/s1. The molecule has 0 bridgehead atoms. The minimum Gasteiger partial charge on any atom is -0.354 e. The Hall–Kier alpha value is -1.84. The minimum atomic E-state index is -0.161. The molecule has 0 aliphatic carbocycles. The molecule has 0 aromatic carbocycles. The summed E-state index contributed by atoms with van der Waals surface area (Å²) in [4.78, 5) is 35.7. The Morgan fingerprint density at radius 1 is 1.30 bits per heavy atom. The third-order valence-corrected chi connectivity index (χ3v) is 7.78. The lowest BCUT2D eigenvalue weighted by atomic mass is 10.2. The van der Waals surface area contributed by atoms with Crippen molar-refractivity contribution >= 4 is 63.5 Å². The van der Waals surface area contributed by atoms with Gasteiger partial charge in [-0.2, -0.15) is 11.8 Å². The van der Waals surface area contributed by atoms with Crippen molar-refractivity contribution in [3.63, 3.8) is 0 Å². The van der Waals surface area contributed by atoms with Gasteiger partial charge >= 0.3 is 0 Å². The molecule has 30 heavy (non-hydrogen) atoms. The number of carbonyl (C=O) groups excluding carboxylic acids is 1. The lowest BCUT2D eigenvalue weighted by Crippen LogP contribution is -2.36. The van der Waals surface area contributed by atoms with Crippen LogP contribution in [0, 0.1) is 6.92 Å². The molecule has 0 radical (unpaired) electrons. The normalized spacial score (nSPS) is 19.9. The first-order chi connectivity index (χ1) is 14.4. The van der Waals surface area contributed by atoms with Gasteiger partial charge in [0, 0.05) is 36.8 Å². The molecule has 0 N–H and O–H groups in total. The van der Waals surface area contributed by atoms with Crippen molar-refractivity contribution < 1.29 is 4.79 Å². The fraction of sp³-hybridized carbons (Fsp3) is 0.429. The molecule has 2 saturated heterocycles. The summed E-state index contributed by atoms with van der Waals surface area (Å²) in [5.41, 5.74) is 1.89. The third kappa shape index (κ3) is 3.78. The zero-order valence-electron chi connectivity index (χ0n) is 17.3. The molecule has 0 saturated carbocycles. The van der Waals surface area contributed by atoms with E-state index in [1.807, 2.05) is 44.7 Å². The van der Waals surface area contributed by atoms with Crippen molar-refractivity contribution in [1.82, 2.24) is 14.3 Å². The Kier molecular flexibility index (Phi) is 6.22. The van der Waals surface area contributed by atoms with Crippen LogP contribution in [-0.4, -0.2) is 55.1 Å². The SMILES string of the molecule is CC[C@@H](C)N1C(=O)/C(=C/c2c(N3CCSCC3)nc3c(C)cccn3c2=O)SC1=S. The van der Waals surface area contributed by atoms with E-state index in [4.69, 9.17) is 17.2 Å². The summed E-state index contributed by atoms with van der Waals surface area (Å²) < 4.78 is 2.11. The van der Waals surface area contributed by atoms with E-state index in [9.17, 15) is 9.59 Å². The highest BCUT2D eigenvalue weighted by Crippen LogP contribution is 2.35. The average molecular weight is 461 g/mol. The van der Waals surface area contributed by atoms with Crippen molar-refractivity contribution in [2.75, 3.05) is 29.5 Å². The number of thiocarbonyl (C=S) groups is 1. The van der Waals surface area contributed by atoms with E-state index in [2.05, 4.69) is 4.90 Å². The number of rotatable bonds is 4. The van der Waals surface area contributed by atoms with Gasteiger partial charge in [0.1, 0.15) is 15.8 Å². The Morgan fingerprint density at radius 2 is 2.03 bits per heavy atom. The van der Waals surface area contributed by atoms with Gasteiger partial charge in [0.2, 0.25) is 0 Å². The van der Waals surface area contributed by atoms with Gasteiger partial charge in [-0.25, -0.2) is 4.98 Å². The fourth-order valence-electron chi connectivity index (χ4n) is 3.62. The average Bonchev–Trinajstić information content (AvgIpc) is 3.03. The van der Waals surface area contributed by atoms with Crippen LogP contribution in [0.15, 0.2) is 28.0 Å². The predicted molar refractivity (Wildman–Crippen MR) is 131 cm³/mol. The zero-order valence-corrected chi connectivity index (χ0v) is 19.7. The van der Waals surface area contributed by atoms with Gasteiger partial charge in [0.05, 0.1) is 10.5 Å². The molecule has 4 heterocycles. The van der Waals surface area contributed by atoms with Crippen LogP contribution >= 0.6 is 35.7 Å². The largest absolute Gasteiger partial charge is 0.354 e. The molecule has 2 aliphatic rings. The van der Waals surface area contributed by atoms with Gasteiger partial charge in [-0.05, 0) is 38.0 Å². The monoisotopic (exact) mass is 460 g/mol. The summed E-state index contributed by atoms with van der Waals surface area (Å²) in [6.45, 7) is 7.62. The Bertz CT molecular complexity index is 1110. The second-order valence-electron chi connectivity index (χ2n) is 7.45. The maximum Gasteiger partial charge on any atom is 0.267 e. The number of aryl methyl sites for hydroxylation is 1. The van der Waals surface area contributed by atoms with Crippen LogP contribution in [0.2, 0.25) is 0 Å². The summed E-state index contributed by atoms with van der Waals surface area (Å²) >= 11 is 8.62. The first kappa shape index (κ1) is 21.4. The molecule has 2 fully saturated rings. The smallest absolute Gasteiger partial charge is 0.267 e. The predicted octanol–water partition coefficient (Wildman–Crippen LogP) is 3.56. The lowest BCUT2D eigenvalue weighted by molar-refractivity contribution is -0.123. The Balaban J connectivity index is 1.88. The number of pyridine rings is 1. The molecular formula is C21H24N4O2S3. The number of hydrogen-bond acceptors (Lipinski definition) is 7. The van der Waals surface area contributed by atoms with Crippen LogP contribution in [0.5, 0.6) is 0 Å². The number of amides is 1. The van der Waals surface area contributed by atoms with E-state index >= 15 is 0 Å². The van der Waals surface area contributed by atoms with Crippen molar-refractivity contribution in [2.45, 2.75) is 33.2 Å². The van der Waals surface area contributed by atoms with Crippen LogP contribution in [0.25, 0.3) is 11.7 Å². The molecule has 0 spiro atoms. The number of anilines is 1. The minimum absolute atomic E-state index is 0.0282. The van der Waals surface area contributed by atoms with Crippen molar-refractivity contribution in [1.29, 1.82) is 0 Å². The van der Waals surface area contributed by atoms with E-state index in [1.165, 1.54) is 11.8 Å². The molecule has 2 aliphatic heterocycles. The van der Waals surface area contributed by atoms with Gasteiger partial charge in [-0.3, -0.25) is 18.9 Å². The number of aromatic nitrogens is 2. The first-order valence-corrected chi connectivity index (χ1v) is 12.4. The van der Waals surface area contributed by atoms with Crippen molar-refractivity contribution in [3.05, 3.63) is 44.7 Å². The van der Waals surface area contributed by atoms with Crippen LogP contribution in [0.1, 0.15) is 31.4 Å². The van der Waals surface area contributed by atoms with Gasteiger partial charge < -0.3 is 4.90 Å². The lowest BCUT2D eigenvalue weighted by Gasteiger charge is -2.29. The molecule has 158 valence electrons. The maximum atomic E-state index is 13.5. The zero-order chi connectivity index (χ0) is 21.4. The highest BCUT2D eigenvalue weighted by molar-refractivity contribution is 8.26. The fourth-order valence-corrected chi connectivity index (χ4v) is 5.96. The summed E-state index contributed by atoms with van der Waals surface area (Å²) in [6, 6.07) is 3.82. The van der Waals surface area contributed by atoms with E-state index in [-0.39, 0.29) is 17.5 Å².